The van der Waals surface area contributed by atoms with Gasteiger partial charge in [0.15, 0.2) is 5.06 Å². The maximum absolute atomic E-state index is 12.2. The van der Waals surface area contributed by atoms with Gasteiger partial charge in [0.2, 0.25) is 0 Å². The van der Waals surface area contributed by atoms with Crippen LogP contribution in [0, 0.1) is 0 Å². The monoisotopic (exact) mass is 445 g/mol. The van der Waals surface area contributed by atoms with E-state index in [2.05, 4.69) is 5.32 Å². The molecule has 0 radical (unpaired) electrons. The number of nitrogens with zero attached hydrogens (tertiary/aromatic N) is 2. The highest BCUT2D eigenvalue weighted by Crippen LogP contribution is 2.28. The van der Waals surface area contributed by atoms with Crippen LogP contribution in [-0.4, -0.2) is 35.9 Å². The second kappa shape index (κ2) is 8.60. The summed E-state index contributed by atoms with van der Waals surface area (Å²) in [5.41, 5.74) is 1.17. The fourth-order valence-corrected chi connectivity index (χ4v) is 3.82. The zero-order valence-corrected chi connectivity index (χ0v) is 17.1. The van der Waals surface area contributed by atoms with Gasteiger partial charge >= 0.3 is 12.2 Å². The van der Waals surface area contributed by atoms with E-state index in [9.17, 15) is 14.4 Å². The van der Waals surface area contributed by atoms with Crippen LogP contribution in [0.15, 0.2) is 65.6 Å². The van der Waals surface area contributed by atoms with Gasteiger partial charge in [-0.15, -0.1) is 0 Å². The number of hydrogen-bond donors (Lipinski definition) is 1. The average Bonchev–Trinajstić information content (AvgIpc) is 3.32. The lowest BCUT2D eigenvalue weighted by Crippen LogP contribution is -2.36. The predicted octanol–water partition coefficient (Wildman–Crippen LogP) is 3.67. The summed E-state index contributed by atoms with van der Waals surface area (Å²) < 4.78 is 12.4. The first-order valence-electron chi connectivity index (χ1n) is 8.97. The van der Waals surface area contributed by atoms with E-state index in [-0.39, 0.29) is 18.6 Å². The van der Waals surface area contributed by atoms with Gasteiger partial charge in [-0.1, -0.05) is 29.0 Å². The summed E-state index contributed by atoms with van der Waals surface area (Å²) in [6, 6.07) is 15.1. The maximum Gasteiger partial charge on any atom is 0.414 e. The SMILES string of the molecule is O=C(NCC1CN(c2ccc(-n3ccccc3=O)cc2)C(=O)O1)Oc1ccc(Cl)s1. The Morgan fingerprint density at radius 2 is 1.90 bits per heavy atom. The van der Waals surface area contributed by atoms with Crippen LogP contribution in [-0.2, 0) is 4.74 Å². The second-order valence-corrected chi connectivity index (χ2v) is 8.05. The molecule has 0 aliphatic carbocycles. The Labute approximate surface area is 180 Å². The molecule has 1 fully saturated rings. The molecule has 0 spiro atoms. The molecular formula is C20H16ClN3O5S. The van der Waals surface area contributed by atoms with Gasteiger partial charge in [0, 0.05) is 23.6 Å². The number of cyclic esters (lactones) is 1. The van der Waals surface area contributed by atoms with Gasteiger partial charge in [-0.25, -0.2) is 9.59 Å². The Kier molecular flexibility index (Phi) is 5.73. The van der Waals surface area contributed by atoms with Crippen LogP contribution in [0.5, 0.6) is 5.06 Å². The summed E-state index contributed by atoms with van der Waals surface area (Å²) in [5, 5.41) is 2.95. The van der Waals surface area contributed by atoms with Crippen LogP contribution < -0.4 is 20.5 Å². The van der Waals surface area contributed by atoms with Crippen molar-refractivity contribution in [1.29, 1.82) is 0 Å². The molecule has 3 heterocycles. The summed E-state index contributed by atoms with van der Waals surface area (Å²) in [6.07, 6.45) is -0.00858. The summed E-state index contributed by atoms with van der Waals surface area (Å²) >= 11 is 6.93. The van der Waals surface area contributed by atoms with Crippen LogP contribution >= 0.6 is 22.9 Å². The number of carbonyl (C=O) groups excluding carboxylic acids is 2. The van der Waals surface area contributed by atoms with Crippen molar-refractivity contribution in [1.82, 2.24) is 9.88 Å². The number of pyridine rings is 1. The van der Waals surface area contributed by atoms with E-state index < -0.39 is 18.3 Å². The highest BCUT2D eigenvalue weighted by atomic mass is 35.5. The zero-order valence-electron chi connectivity index (χ0n) is 15.5. The summed E-state index contributed by atoms with van der Waals surface area (Å²) in [7, 11) is 0. The fraction of sp³-hybridized carbons (Fsp3) is 0.150. The van der Waals surface area contributed by atoms with E-state index in [1.54, 1.807) is 54.7 Å². The normalized spacial score (nSPS) is 15.7. The lowest BCUT2D eigenvalue weighted by Gasteiger charge is -2.14. The van der Waals surface area contributed by atoms with E-state index in [0.29, 0.717) is 20.8 Å². The standard InChI is InChI=1S/C20H16ClN3O5S/c21-16-8-9-18(30-16)29-19(26)22-11-15-12-24(20(27)28-15)14-6-4-13(5-7-14)23-10-2-1-3-17(23)25/h1-10,15H,11-12H2,(H,22,26). The third kappa shape index (κ3) is 4.47. The molecule has 10 heteroatoms. The molecule has 0 bridgehead atoms. The number of thiophene rings is 1. The van der Waals surface area contributed by atoms with Crippen molar-refractivity contribution in [2.45, 2.75) is 6.10 Å². The number of carbonyl (C=O) groups is 2. The number of amides is 2. The van der Waals surface area contributed by atoms with Crippen molar-refractivity contribution in [3.8, 4) is 10.8 Å². The molecule has 1 N–H and O–H groups in total. The maximum atomic E-state index is 12.2. The number of ether oxygens (including phenoxy) is 2. The molecule has 3 aromatic rings. The molecule has 1 aromatic carbocycles. The van der Waals surface area contributed by atoms with Crippen LogP contribution in [0.1, 0.15) is 0 Å². The smallest absolute Gasteiger partial charge is 0.414 e. The van der Waals surface area contributed by atoms with Crippen molar-refractivity contribution in [3.63, 3.8) is 0 Å². The van der Waals surface area contributed by atoms with Gasteiger partial charge in [-0.2, -0.15) is 0 Å². The van der Waals surface area contributed by atoms with Gasteiger partial charge < -0.3 is 14.8 Å². The number of hydrogen-bond acceptors (Lipinski definition) is 6. The van der Waals surface area contributed by atoms with E-state index >= 15 is 0 Å². The minimum atomic E-state index is -0.652. The minimum Gasteiger partial charge on any atom is -0.442 e. The number of anilines is 1. The van der Waals surface area contributed by atoms with Crippen LogP contribution in [0.2, 0.25) is 4.34 Å². The molecule has 154 valence electrons. The van der Waals surface area contributed by atoms with Crippen LogP contribution in [0.3, 0.4) is 0 Å². The zero-order chi connectivity index (χ0) is 21.1. The van der Waals surface area contributed by atoms with Crippen LogP contribution in [0.4, 0.5) is 15.3 Å². The van der Waals surface area contributed by atoms with E-state index in [4.69, 9.17) is 21.1 Å². The Morgan fingerprint density at radius 3 is 2.60 bits per heavy atom. The van der Waals surface area contributed by atoms with E-state index in [1.807, 2.05) is 0 Å². The highest BCUT2D eigenvalue weighted by molar-refractivity contribution is 7.17. The fourth-order valence-electron chi connectivity index (χ4n) is 2.95. The average molecular weight is 446 g/mol. The molecule has 1 aliphatic heterocycles. The van der Waals surface area contributed by atoms with Crippen LogP contribution in [0.25, 0.3) is 5.69 Å². The van der Waals surface area contributed by atoms with Gasteiger partial charge in [0.25, 0.3) is 5.56 Å². The molecular weight excluding hydrogens is 430 g/mol. The molecule has 1 unspecified atom stereocenters. The van der Waals surface area contributed by atoms with Crippen molar-refractivity contribution < 1.29 is 19.1 Å². The molecule has 2 amide bonds. The first-order chi connectivity index (χ1) is 14.5. The number of halogens is 1. The summed E-state index contributed by atoms with van der Waals surface area (Å²) in [4.78, 5) is 37.5. The Balaban J connectivity index is 1.35. The summed E-state index contributed by atoms with van der Waals surface area (Å²) in [6.45, 7) is 0.381. The molecule has 30 heavy (non-hydrogen) atoms. The van der Waals surface area contributed by atoms with Crippen molar-refractivity contribution in [2.24, 2.45) is 0 Å². The summed E-state index contributed by atoms with van der Waals surface area (Å²) in [5.74, 6) is 0. The Hall–Kier alpha value is -3.30. The first kappa shape index (κ1) is 20.0. The van der Waals surface area contributed by atoms with Gasteiger partial charge in [-0.05, 0) is 42.5 Å². The third-order valence-electron chi connectivity index (χ3n) is 4.35. The largest absolute Gasteiger partial charge is 0.442 e. The van der Waals surface area contributed by atoms with Crippen molar-refractivity contribution >= 4 is 40.8 Å². The van der Waals surface area contributed by atoms with Crippen molar-refractivity contribution in [3.05, 3.63) is 75.5 Å². The number of nitrogens with one attached hydrogen (secondary N) is 1. The topological polar surface area (TPSA) is 89.9 Å². The Bertz CT molecular complexity index is 1130. The number of aromatic nitrogens is 1. The number of rotatable bonds is 5. The lowest BCUT2D eigenvalue weighted by atomic mass is 10.2. The van der Waals surface area contributed by atoms with Crippen molar-refractivity contribution in [2.75, 3.05) is 18.0 Å². The predicted molar refractivity (Wildman–Crippen MR) is 113 cm³/mol. The van der Waals surface area contributed by atoms with Gasteiger partial charge in [0.1, 0.15) is 6.10 Å². The molecule has 1 saturated heterocycles. The molecule has 0 saturated carbocycles. The molecule has 2 aromatic heterocycles. The Morgan fingerprint density at radius 1 is 1.13 bits per heavy atom. The van der Waals surface area contributed by atoms with Gasteiger partial charge in [0.05, 0.1) is 17.4 Å². The molecule has 1 atom stereocenters. The lowest BCUT2D eigenvalue weighted by molar-refractivity contribution is 0.137. The highest BCUT2D eigenvalue weighted by Gasteiger charge is 2.32. The second-order valence-electron chi connectivity index (χ2n) is 6.37. The van der Waals surface area contributed by atoms with E-state index in [1.165, 1.54) is 15.5 Å². The minimum absolute atomic E-state index is 0.109. The molecule has 1 aliphatic rings. The number of benzene rings is 1. The van der Waals surface area contributed by atoms with E-state index in [0.717, 1.165) is 11.3 Å². The first-order valence-corrected chi connectivity index (χ1v) is 10.2. The molecule has 4 rings (SSSR count). The third-order valence-corrected chi connectivity index (χ3v) is 5.46. The molecule has 8 nitrogen and oxygen atoms in total. The van der Waals surface area contributed by atoms with Gasteiger partial charge in [-0.3, -0.25) is 14.3 Å². The quantitative estimate of drug-likeness (QED) is 0.647.